The second-order valence-corrected chi connectivity index (χ2v) is 2.78. The Labute approximate surface area is 60.5 Å². The Hall–Kier alpha value is 0.210. The standard InChI is InChI=1S/C6H13ClO2/c1-2-3-4-5-6(7,8)9/h8-9H,2-5H2,1H3. The lowest BCUT2D eigenvalue weighted by atomic mass is 10.2. The minimum Gasteiger partial charge on any atom is -0.353 e. The summed E-state index contributed by atoms with van der Waals surface area (Å²) in [6.45, 7) is 2.05. The lowest BCUT2D eigenvalue weighted by Gasteiger charge is -2.11. The third-order valence-electron chi connectivity index (χ3n) is 1.10. The summed E-state index contributed by atoms with van der Waals surface area (Å²) in [5.74, 6) is 0. The first-order chi connectivity index (χ1) is 4.06. The van der Waals surface area contributed by atoms with Gasteiger partial charge in [0.2, 0.25) is 5.25 Å². The summed E-state index contributed by atoms with van der Waals surface area (Å²) in [6, 6.07) is 0. The summed E-state index contributed by atoms with van der Waals surface area (Å²) < 4.78 is 0. The van der Waals surface area contributed by atoms with E-state index in [4.69, 9.17) is 21.8 Å². The smallest absolute Gasteiger partial charge is 0.243 e. The van der Waals surface area contributed by atoms with Crippen LogP contribution >= 0.6 is 11.6 Å². The van der Waals surface area contributed by atoms with Crippen LogP contribution in [0.3, 0.4) is 0 Å². The van der Waals surface area contributed by atoms with E-state index in [1.165, 1.54) is 0 Å². The number of hydrogen-bond donors (Lipinski definition) is 2. The molecule has 0 heterocycles. The van der Waals surface area contributed by atoms with Gasteiger partial charge in [-0.25, -0.2) is 0 Å². The number of rotatable bonds is 4. The van der Waals surface area contributed by atoms with Crippen molar-refractivity contribution >= 4 is 11.6 Å². The zero-order valence-corrected chi connectivity index (χ0v) is 6.36. The summed E-state index contributed by atoms with van der Waals surface area (Å²) in [4.78, 5) is 0. The Kier molecular flexibility index (Phi) is 4.19. The van der Waals surface area contributed by atoms with Crippen LogP contribution in [0.1, 0.15) is 32.6 Å². The van der Waals surface area contributed by atoms with Gasteiger partial charge in [0, 0.05) is 6.42 Å². The molecular formula is C6H13ClO2. The first-order valence-electron chi connectivity index (χ1n) is 3.20. The summed E-state index contributed by atoms with van der Waals surface area (Å²) in [7, 11) is 0. The Balaban J connectivity index is 3.07. The second kappa shape index (κ2) is 4.09. The van der Waals surface area contributed by atoms with Crippen molar-refractivity contribution < 1.29 is 10.2 Å². The molecule has 0 fully saturated rings. The van der Waals surface area contributed by atoms with Crippen molar-refractivity contribution in [2.75, 3.05) is 0 Å². The minimum atomic E-state index is -1.98. The van der Waals surface area contributed by atoms with E-state index in [1.54, 1.807) is 0 Å². The number of halogens is 1. The van der Waals surface area contributed by atoms with E-state index in [2.05, 4.69) is 0 Å². The number of alkyl halides is 1. The van der Waals surface area contributed by atoms with Gasteiger partial charge in [-0.2, -0.15) is 0 Å². The molecule has 0 saturated carbocycles. The molecule has 0 spiro atoms. The van der Waals surface area contributed by atoms with Crippen LogP contribution < -0.4 is 0 Å². The van der Waals surface area contributed by atoms with Crippen LogP contribution in [0.15, 0.2) is 0 Å². The largest absolute Gasteiger partial charge is 0.353 e. The monoisotopic (exact) mass is 152 g/mol. The molecule has 0 radical (unpaired) electrons. The van der Waals surface area contributed by atoms with Gasteiger partial charge < -0.3 is 10.2 Å². The number of aliphatic hydroxyl groups is 2. The summed E-state index contributed by atoms with van der Waals surface area (Å²) in [5.41, 5.74) is 0. The molecule has 0 aromatic carbocycles. The van der Waals surface area contributed by atoms with Crippen LogP contribution in [0.5, 0.6) is 0 Å². The highest BCUT2D eigenvalue weighted by Crippen LogP contribution is 2.15. The molecule has 0 aliphatic rings. The number of hydrogen-bond acceptors (Lipinski definition) is 2. The van der Waals surface area contributed by atoms with Crippen molar-refractivity contribution in [3.8, 4) is 0 Å². The molecule has 0 aliphatic carbocycles. The van der Waals surface area contributed by atoms with Crippen LogP contribution in [0.4, 0.5) is 0 Å². The average molecular weight is 153 g/mol. The normalized spacial score (nSPS) is 12.0. The van der Waals surface area contributed by atoms with Crippen molar-refractivity contribution in [1.82, 2.24) is 0 Å². The third kappa shape index (κ3) is 8.21. The van der Waals surface area contributed by atoms with Crippen LogP contribution in [0, 0.1) is 0 Å². The van der Waals surface area contributed by atoms with Gasteiger partial charge in [-0.1, -0.05) is 31.4 Å². The van der Waals surface area contributed by atoms with E-state index in [1.807, 2.05) is 6.92 Å². The van der Waals surface area contributed by atoms with Crippen molar-refractivity contribution in [3.05, 3.63) is 0 Å². The number of unbranched alkanes of at least 4 members (excludes halogenated alkanes) is 2. The van der Waals surface area contributed by atoms with Gasteiger partial charge in [0.05, 0.1) is 0 Å². The SMILES string of the molecule is CCCCCC(O)(O)Cl. The summed E-state index contributed by atoms with van der Waals surface area (Å²) >= 11 is 5.08. The first kappa shape index (κ1) is 9.21. The van der Waals surface area contributed by atoms with E-state index in [-0.39, 0.29) is 6.42 Å². The highest BCUT2D eigenvalue weighted by Gasteiger charge is 2.16. The van der Waals surface area contributed by atoms with Crippen LogP contribution in [-0.2, 0) is 0 Å². The first-order valence-corrected chi connectivity index (χ1v) is 3.57. The topological polar surface area (TPSA) is 40.5 Å². The maximum Gasteiger partial charge on any atom is 0.243 e. The Bertz CT molecular complexity index is 67.9. The highest BCUT2D eigenvalue weighted by atomic mass is 35.5. The molecular weight excluding hydrogens is 140 g/mol. The van der Waals surface area contributed by atoms with E-state index >= 15 is 0 Å². The molecule has 0 unspecified atom stereocenters. The molecule has 0 saturated heterocycles. The second-order valence-electron chi connectivity index (χ2n) is 2.18. The summed E-state index contributed by atoms with van der Waals surface area (Å²) in [5, 5.41) is 15.2. The lowest BCUT2D eigenvalue weighted by molar-refractivity contribution is -0.0905. The quantitative estimate of drug-likeness (QED) is 0.364. The molecule has 0 amide bonds. The lowest BCUT2D eigenvalue weighted by Crippen LogP contribution is -2.18. The van der Waals surface area contributed by atoms with E-state index in [0.29, 0.717) is 0 Å². The highest BCUT2D eigenvalue weighted by molar-refractivity contribution is 6.21. The Morgan fingerprint density at radius 3 is 2.22 bits per heavy atom. The van der Waals surface area contributed by atoms with Gasteiger partial charge in [-0.05, 0) is 6.42 Å². The minimum absolute atomic E-state index is 0.252. The molecule has 2 nitrogen and oxygen atoms in total. The molecule has 9 heavy (non-hydrogen) atoms. The fourth-order valence-electron chi connectivity index (χ4n) is 0.600. The fourth-order valence-corrected chi connectivity index (χ4v) is 0.734. The van der Waals surface area contributed by atoms with Gasteiger partial charge in [0.1, 0.15) is 0 Å². The zero-order valence-electron chi connectivity index (χ0n) is 5.60. The van der Waals surface area contributed by atoms with Gasteiger partial charge >= 0.3 is 0 Å². The van der Waals surface area contributed by atoms with Crippen molar-refractivity contribution in [1.29, 1.82) is 0 Å². The van der Waals surface area contributed by atoms with Gasteiger partial charge in [0.15, 0.2) is 0 Å². The molecule has 2 N–H and O–H groups in total. The molecule has 56 valence electrons. The zero-order chi connectivity index (χ0) is 7.33. The van der Waals surface area contributed by atoms with Gasteiger partial charge in [0.25, 0.3) is 0 Å². The molecule has 0 aromatic heterocycles. The van der Waals surface area contributed by atoms with Crippen LogP contribution in [0.2, 0.25) is 0 Å². The molecule has 3 heteroatoms. The Morgan fingerprint density at radius 2 is 1.89 bits per heavy atom. The maximum atomic E-state index is 8.57. The Morgan fingerprint density at radius 1 is 1.33 bits per heavy atom. The van der Waals surface area contributed by atoms with Gasteiger partial charge in [-0.15, -0.1) is 0 Å². The third-order valence-corrected chi connectivity index (χ3v) is 1.29. The van der Waals surface area contributed by atoms with Crippen molar-refractivity contribution in [3.63, 3.8) is 0 Å². The van der Waals surface area contributed by atoms with Crippen molar-refractivity contribution in [2.24, 2.45) is 0 Å². The molecule has 0 aromatic rings. The average Bonchev–Trinajstić information content (AvgIpc) is 1.63. The predicted molar refractivity (Wildman–Crippen MR) is 37.2 cm³/mol. The van der Waals surface area contributed by atoms with Gasteiger partial charge in [-0.3, -0.25) is 0 Å². The molecule has 0 aliphatic heterocycles. The fraction of sp³-hybridized carbons (Fsp3) is 1.00. The maximum absolute atomic E-state index is 8.57. The van der Waals surface area contributed by atoms with Crippen LogP contribution in [0.25, 0.3) is 0 Å². The van der Waals surface area contributed by atoms with E-state index in [9.17, 15) is 0 Å². The van der Waals surface area contributed by atoms with Crippen molar-refractivity contribution in [2.45, 2.75) is 37.9 Å². The molecule has 0 atom stereocenters. The van der Waals surface area contributed by atoms with Crippen LogP contribution in [-0.4, -0.2) is 15.5 Å². The summed E-state index contributed by atoms with van der Waals surface area (Å²) in [6.07, 6.45) is 3.08. The molecule has 0 bridgehead atoms. The predicted octanol–water partition coefficient (Wildman–Crippen LogP) is 1.44. The van der Waals surface area contributed by atoms with E-state index < -0.39 is 5.25 Å². The van der Waals surface area contributed by atoms with E-state index in [0.717, 1.165) is 19.3 Å². The molecule has 0 rings (SSSR count).